The lowest BCUT2D eigenvalue weighted by Gasteiger charge is -2.18. The van der Waals surface area contributed by atoms with E-state index < -0.39 is 16.0 Å². The SMILES string of the molecule is CCN(CC)S(=O)(=O)c1ccc(/C=C/C(=O)OCC(=O)c2cccc(Br)c2)cc1. The first kappa shape index (κ1) is 23.0. The summed E-state index contributed by atoms with van der Waals surface area (Å²) >= 11 is 3.28. The van der Waals surface area contributed by atoms with E-state index in [1.54, 1.807) is 50.2 Å². The summed E-state index contributed by atoms with van der Waals surface area (Å²) in [6.45, 7) is 3.99. The predicted octanol–water partition coefficient (Wildman–Crippen LogP) is 3.92. The summed E-state index contributed by atoms with van der Waals surface area (Å²) in [7, 11) is -3.52. The molecule has 0 spiro atoms. The lowest BCUT2D eigenvalue weighted by Crippen LogP contribution is -2.30. The Morgan fingerprint density at radius 3 is 2.31 bits per heavy atom. The Hall–Kier alpha value is -2.29. The van der Waals surface area contributed by atoms with Crippen molar-refractivity contribution in [3.63, 3.8) is 0 Å². The highest BCUT2D eigenvalue weighted by Gasteiger charge is 2.20. The zero-order valence-electron chi connectivity index (χ0n) is 16.2. The molecule has 0 aliphatic heterocycles. The number of ether oxygens (including phenoxy) is 1. The maximum absolute atomic E-state index is 12.5. The second kappa shape index (κ2) is 10.5. The van der Waals surface area contributed by atoms with Gasteiger partial charge in [-0.15, -0.1) is 0 Å². The normalized spacial score (nSPS) is 11.7. The van der Waals surface area contributed by atoms with Crippen LogP contribution in [0.3, 0.4) is 0 Å². The number of hydrogen-bond donors (Lipinski definition) is 0. The predicted molar refractivity (Wildman–Crippen MR) is 115 cm³/mol. The summed E-state index contributed by atoms with van der Waals surface area (Å²) in [6, 6.07) is 13.0. The molecule has 0 heterocycles. The molecule has 0 atom stereocenters. The molecule has 8 heteroatoms. The van der Waals surface area contributed by atoms with Crippen LogP contribution in [0.1, 0.15) is 29.8 Å². The second-order valence-electron chi connectivity index (χ2n) is 6.03. The fourth-order valence-electron chi connectivity index (χ4n) is 2.56. The number of nitrogens with zero attached hydrogens (tertiary/aromatic N) is 1. The average molecular weight is 480 g/mol. The van der Waals surface area contributed by atoms with E-state index >= 15 is 0 Å². The highest BCUT2D eigenvalue weighted by atomic mass is 79.9. The van der Waals surface area contributed by atoms with Crippen LogP contribution in [0, 0.1) is 0 Å². The summed E-state index contributed by atoms with van der Waals surface area (Å²) in [5.41, 5.74) is 1.08. The van der Waals surface area contributed by atoms with E-state index in [-0.39, 0.29) is 17.3 Å². The van der Waals surface area contributed by atoms with Crippen LogP contribution in [0.4, 0.5) is 0 Å². The third kappa shape index (κ3) is 6.35. The van der Waals surface area contributed by atoms with E-state index in [2.05, 4.69) is 15.9 Å². The van der Waals surface area contributed by atoms with E-state index in [4.69, 9.17) is 4.74 Å². The minimum atomic E-state index is -3.52. The highest BCUT2D eigenvalue weighted by Crippen LogP contribution is 2.17. The second-order valence-corrected chi connectivity index (χ2v) is 8.89. The fraction of sp³-hybridized carbons (Fsp3) is 0.238. The number of Topliss-reactive ketones (excluding diaryl/α,β-unsaturated/α-hetero) is 1. The Balaban J connectivity index is 1.96. The third-order valence-electron chi connectivity index (χ3n) is 4.13. The van der Waals surface area contributed by atoms with E-state index in [1.165, 1.54) is 28.6 Å². The molecule has 6 nitrogen and oxygen atoms in total. The zero-order valence-corrected chi connectivity index (χ0v) is 18.6. The smallest absolute Gasteiger partial charge is 0.331 e. The molecule has 29 heavy (non-hydrogen) atoms. The molecule has 154 valence electrons. The molecule has 0 aromatic heterocycles. The third-order valence-corrected chi connectivity index (χ3v) is 6.68. The number of halogens is 1. The molecule has 2 rings (SSSR count). The molecule has 2 aromatic rings. The van der Waals surface area contributed by atoms with Crippen LogP contribution in [-0.4, -0.2) is 44.2 Å². The minimum Gasteiger partial charge on any atom is -0.454 e. The number of rotatable bonds is 9. The van der Waals surface area contributed by atoms with Gasteiger partial charge in [0.1, 0.15) is 0 Å². The molecule has 2 aromatic carbocycles. The Morgan fingerprint density at radius 1 is 1.07 bits per heavy atom. The Labute approximate surface area is 179 Å². The van der Waals surface area contributed by atoms with Crippen LogP contribution in [0.15, 0.2) is 64.0 Å². The van der Waals surface area contributed by atoms with Crippen molar-refractivity contribution < 1.29 is 22.7 Å². The number of carbonyl (C=O) groups is 2. The van der Waals surface area contributed by atoms with Gasteiger partial charge in [0.25, 0.3) is 0 Å². The van der Waals surface area contributed by atoms with E-state index in [0.29, 0.717) is 24.2 Å². The van der Waals surface area contributed by atoms with Crippen LogP contribution in [0.2, 0.25) is 0 Å². The molecule has 0 amide bonds. The van der Waals surface area contributed by atoms with Crippen molar-refractivity contribution in [2.75, 3.05) is 19.7 Å². The Kier molecular flexibility index (Phi) is 8.31. The van der Waals surface area contributed by atoms with Crippen molar-refractivity contribution in [1.29, 1.82) is 0 Å². The molecular weight excluding hydrogens is 458 g/mol. The van der Waals surface area contributed by atoms with Crippen LogP contribution < -0.4 is 0 Å². The van der Waals surface area contributed by atoms with Gasteiger partial charge >= 0.3 is 5.97 Å². The maximum Gasteiger partial charge on any atom is 0.331 e. The molecule has 0 fully saturated rings. The monoisotopic (exact) mass is 479 g/mol. The van der Waals surface area contributed by atoms with Crippen molar-refractivity contribution in [2.24, 2.45) is 0 Å². The zero-order chi connectivity index (χ0) is 21.4. The summed E-state index contributed by atoms with van der Waals surface area (Å²) < 4.78 is 32.0. The molecule has 0 aliphatic rings. The van der Waals surface area contributed by atoms with Gasteiger partial charge in [-0.25, -0.2) is 13.2 Å². The van der Waals surface area contributed by atoms with Gasteiger partial charge in [-0.05, 0) is 35.9 Å². The minimum absolute atomic E-state index is 0.195. The van der Waals surface area contributed by atoms with Crippen molar-refractivity contribution in [1.82, 2.24) is 4.31 Å². The van der Waals surface area contributed by atoms with Gasteiger partial charge in [0.15, 0.2) is 12.4 Å². The molecule has 0 N–H and O–H groups in total. The number of ketones is 1. The first-order valence-electron chi connectivity index (χ1n) is 9.01. The molecule has 0 aliphatic carbocycles. The maximum atomic E-state index is 12.5. The number of hydrogen-bond acceptors (Lipinski definition) is 5. The van der Waals surface area contributed by atoms with Gasteiger partial charge < -0.3 is 4.74 Å². The topological polar surface area (TPSA) is 80.8 Å². The van der Waals surface area contributed by atoms with Gasteiger partial charge in [0, 0.05) is 29.2 Å². The van der Waals surface area contributed by atoms with E-state index in [1.807, 2.05) is 0 Å². The van der Waals surface area contributed by atoms with Crippen molar-refractivity contribution in [3.8, 4) is 0 Å². The number of benzene rings is 2. The van der Waals surface area contributed by atoms with Crippen LogP contribution in [0.25, 0.3) is 6.08 Å². The first-order chi connectivity index (χ1) is 13.8. The van der Waals surface area contributed by atoms with Crippen molar-refractivity contribution in [2.45, 2.75) is 18.7 Å². The Morgan fingerprint density at radius 2 is 1.72 bits per heavy atom. The van der Waals surface area contributed by atoms with Gasteiger partial charge in [-0.2, -0.15) is 4.31 Å². The van der Waals surface area contributed by atoms with E-state index in [0.717, 1.165) is 4.47 Å². The molecule has 0 bridgehead atoms. The summed E-state index contributed by atoms with van der Waals surface area (Å²) in [5.74, 6) is -0.966. The molecule has 0 saturated heterocycles. The van der Waals surface area contributed by atoms with Gasteiger partial charge in [0.2, 0.25) is 10.0 Å². The van der Waals surface area contributed by atoms with E-state index in [9.17, 15) is 18.0 Å². The number of carbonyl (C=O) groups excluding carboxylic acids is 2. The van der Waals surface area contributed by atoms with Crippen molar-refractivity contribution in [3.05, 3.63) is 70.2 Å². The first-order valence-corrected chi connectivity index (χ1v) is 11.2. The molecule has 0 unspecified atom stereocenters. The molecule has 0 radical (unpaired) electrons. The highest BCUT2D eigenvalue weighted by molar-refractivity contribution is 9.10. The van der Waals surface area contributed by atoms with Crippen molar-refractivity contribution >= 4 is 43.8 Å². The summed E-state index contributed by atoms with van der Waals surface area (Å²) in [6.07, 6.45) is 2.70. The summed E-state index contributed by atoms with van der Waals surface area (Å²) in [4.78, 5) is 24.1. The lowest BCUT2D eigenvalue weighted by molar-refractivity contribution is -0.136. The standard InChI is InChI=1S/C21H22BrNO5S/c1-3-23(4-2)29(26,27)19-11-8-16(9-12-19)10-13-21(25)28-15-20(24)17-6-5-7-18(22)14-17/h5-14H,3-4,15H2,1-2H3/b13-10+. The number of esters is 1. The van der Waals surface area contributed by atoms with Crippen LogP contribution in [-0.2, 0) is 19.6 Å². The van der Waals surface area contributed by atoms with Crippen LogP contribution in [0.5, 0.6) is 0 Å². The summed E-state index contributed by atoms with van der Waals surface area (Å²) in [5, 5.41) is 0. The van der Waals surface area contributed by atoms with Gasteiger partial charge in [-0.1, -0.05) is 54.0 Å². The van der Waals surface area contributed by atoms with Gasteiger partial charge in [0.05, 0.1) is 4.90 Å². The largest absolute Gasteiger partial charge is 0.454 e. The Bertz CT molecular complexity index is 996. The fourth-order valence-corrected chi connectivity index (χ4v) is 4.42. The quantitative estimate of drug-likeness (QED) is 0.309. The lowest BCUT2D eigenvalue weighted by atomic mass is 10.1. The van der Waals surface area contributed by atoms with Gasteiger partial charge in [-0.3, -0.25) is 4.79 Å². The number of sulfonamides is 1. The van der Waals surface area contributed by atoms with Crippen LogP contribution >= 0.6 is 15.9 Å². The average Bonchev–Trinajstić information content (AvgIpc) is 2.71. The molecule has 0 saturated carbocycles. The molecular formula is C21H22BrNO5S.